The number of carbonyl (C=O) groups is 3. The fraction of sp³-hybridized carbons (Fsp3) is 0.898. The first-order valence-corrected chi connectivity index (χ1v) is 24.8. The summed E-state index contributed by atoms with van der Waals surface area (Å²) in [6, 6.07) is -0.312. The van der Waals surface area contributed by atoms with Gasteiger partial charge in [0.15, 0.2) is 0 Å². The van der Waals surface area contributed by atoms with Crippen molar-refractivity contribution >= 4 is 17.8 Å². The van der Waals surface area contributed by atoms with Crippen LogP contribution in [0.3, 0.4) is 0 Å². The third-order valence-electron chi connectivity index (χ3n) is 12.5. The van der Waals surface area contributed by atoms with E-state index >= 15 is 0 Å². The number of amides is 2. The topological polar surface area (TPSA) is 82.2 Å². The predicted molar refractivity (Wildman–Crippen MR) is 241 cm³/mol. The summed E-state index contributed by atoms with van der Waals surface area (Å²) in [5, 5.41) is 3.42. The van der Waals surface area contributed by atoms with Crippen molar-refractivity contribution in [1.82, 2.24) is 20.0 Å². The summed E-state index contributed by atoms with van der Waals surface area (Å²) in [6.07, 6.45) is 40.8. The molecule has 1 saturated heterocycles. The molecule has 57 heavy (non-hydrogen) atoms. The fourth-order valence-corrected chi connectivity index (χ4v) is 8.53. The number of esters is 1. The molecule has 0 radical (unpaired) electrons. The maximum atomic E-state index is 14.2. The zero-order valence-electron chi connectivity index (χ0n) is 37.9. The summed E-state index contributed by atoms with van der Waals surface area (Å²) in [7, 11) is 2.16. The van der Waals surface area contributed by atoms with Gasteiger partial charge >= 0.3 is 5.97 Å². The number of rotatable bonds is 35. The van der Waals surface area contributed by atoms with E-state index in [0.717, 1.165) is 96.9 Å². The number of ether oxygens (including phenoxy) is 1. The highest BCUT2D eigenvalue weighted by Crippen LogP contribution is 2.20. The monoisotopic (exact) mass is 801 g/mol. The summed E-state index contributed by atoms with van der Waals surface area (Å²) in [4.78, 5) is 47.7. The smallest absolute Gasteiger partial charge is 0.306 e. The third kappa shape index (κ3) is 27.5. The van der Waals surface area contributed by atoms with Crippen molar-refractivity contribution in [2.45, 2.75) is 231 Å². The molecule has 1 aliphatic heterocycles. The van der Waals surface area contributed by atoms with Crippen molar-refractivity contribution in [1.29, 1.82) is 0 Å². The summed E-state index contributed by atoms with van der Waals surface area (Å²) in [6.45, 7) is 10.2. The Kier molecular flexibility index (Phi) is 32.3. The number of unbranched alkanes of at least 4 members (excludes halogenated alkanes) is 20. The number of allylic oxidation sites excluding steroid dienone is 2. The molecule has 0 bridgehead atoms. The molecule has 2 rings (SSSR count). The second-order valence-corrected chi connectivity index (χ2v) is 17.7. The largest absolute Gasteiger partial charge is 0.466 e. The number of piperazine rings is 1. The van der Waals surface area contributed by atoms with Crippen LogP contribution in [0, 0.1) is 0 Å². The number of hydrogen-bond acceptors (Lipinski definition) is 6. The molecule has 1 aliphatic carbocycles. The number of hydrogen-bond donors (Lipinski definition) is 1. The van der Waals surface area contributed by atoms with E-state index < -0.39 is 6.04 Å². The molecular weight excluding hydrogens is 709 g/mol. The summed E-state index contributed by atoms with van der Waals surface area (Å²) < 4.78 is 5.58. The first kappa shape index (κ1) is 51.2. The lowest BCUT2D eigenvalue weighted by Crippen LogP contribution is -2.54. The van der Waals surface area contributed by atoms with Crippen molar-refractivity contribution in [2.75, 3.05) is 52.9 Å². The maximum Gasteiger partial charge on any atom is 0.306 e. The van der Waals surface area contributed by atoms with Crippen molar-refractivity contribution < 1.29 is 19.1 Å². The molecule has 8 heteroatoms. The maximum absolute atomic E-state index is 14.2. The number of likely N-dealkylation sites (N-methyl/N-ethyl adjacent to an activating group) is 1. The van der Waals surface area contributed by atoms with E-state index in [-0.39, 0.29) is 36.7 Å². The van der Waals surface area contributed by atoms with Gasteiger partial charge in [-0.3, -0.25) is 19.3 Å². The Labute approximate surface area is 352 Å². The molecule has 2 amide bonds. The highest BCUT2D eigenvalue weighted by atomic mass is 16.5. The Morgan fingerprint density at radius 3 is 1.72 bits per heavy atom. The molecule has 0 aromatic rings. The molecule has 1 heterocycles. The van der Waals surface area contributed by atoms with Gasteiger partial charge in [0, 0.05) is 51.7 Å². The van der Waals surface area contributed by atoms with E-state index in [2.05, 4.69) is 48.2 Å². The van der Waals surface area contributed by atoms with Gasteiger partial charge < -0.3 is 19.9 Å². The summed E-state index contributed by atoms with van der Waals surface area (Å²) >= 11 is 0. The van der Waals surface area contributed by atoms with Crippen LogP contribution >= 0.6 is 0 Å². The van der Waals surface area contributed by atoms with Crippen LogP contribution in [0.4, 0.5) is 0 Å². The average Bonchev–Trinajstić information content (AvgIpc) is 3.49. The standard InChI is InChI=1S/C49H92N4O4/c1-4-6-8-10-12-14-16-17-18-19-20-21-23-25-31-35-46(49(56)50-45-33-29-26-27-30-34-45)53(43-42-52-40-38-51(3)39-41-52)47(54)36-37-48(55)57-44-32-28-24-22-15-13-11-9-7-5-2/h17-18,45-46H,4-16,19-44H2,1-3H3,(H,50,56)/b18-17-. The molecule has 1 N–H and O–H groups in total. The van der Waals surface area contributed by atoms with Gasteiger partial charge in [-0.2, -0.15) is 0 Å². The Balaban J connectivity index is 1.89. The summed E-state index contributed by atoms with van der Waals surface area (Å²) in [5.74, 6) is -0.378. The van der Waals surface area contributed by atoms with E-state index in [1.165, 1.54) is 122 Å². The lowest BCUT2D eigenvalue weighted by Gasteiger charge is -2.36. The normalized spacial score (nSPS) is 16.5. The van der Waals surface area contributed by atoms with E-state index in [1.807, 2.05) is 4.90 Å². The molecule has 1 atom stereocenters. The van der Waals surface area contributed by atoms with Crippen molar-refractivity contribution in [3.05, 3.63) is 12.2 Å². The fourth-order valence-electron chi connectivity index (χ4n) is 8.53. The van der Waals surface area contributed by atoms with Crippen LogP contribution in [0.2, 0.25) is 0 Å². The van der Waals surface area contributed by atoms with Crippen LogP contribution < -0.4 is 5.32 Å². The van der Waals surface area contributed by atoms with Crippen LogP contribution in [0.1, 0.15) is 219 Å². The Hall–Kier alpha value is -1.93. The molecule has 1 unspecified atom stereocenters. The van der Waals surface area contributed by atoms with Gasteiger partial charge in [-0.1, -0.05) is 167 Å². The Morgan fingerprint density at radius 2 is 1.16 bits per heavy atom. The number of nitrogens with one attached hydrogen (secondary N) is 1. The van der Waals surface area contributed by atoms with E-state index in [4.69, 9.17) is 4.74 Å². The molecule has 0 aromatic carbocycles. The molecule has 2 fully saturated rings. The lowest BCUT2D eigenvalue weighted by atomic mass is 10.0. The predicted octanol–water partition coefficient (Wildman–Crippen LogP) is 11.6. The molecule has 1 saturated carbocycles. The number of nitrogens with zero attached hydrogens (tertiary/aromatic N) is 3. The van der Waals surface area contributed by atoms with Gasteiger partial charge in [-0.25, -0.2) is 0 Å². The number of carbonyl (C=O) groups excluding carboxylic acids is 3. The first-order chi connectivity index (χ1) is 27.9. The van der Waals surface area contributed by atoms with Crippen LogP contribution in [0.15, 0.2) is 12.2 Å². The molecular formula is C49H92N4O4. The van der Waals surface area contributed by atoms with Gasteiger partial charge in [0.2, 0.25) is 11.8 Å². The highest BCUT2D eigenvalue weighted by Gasteiger charge is 2.31. The van der Waals surface area contributed by atoms with Crippen LogP contribution in [0.25, 0.3) is 0 Å². The van der Waals surface area contributed by atoms with Crippen molar-refractivity contribution in [3.63, 3.8) is 0 Å². The summed E-state index contributed by atoms with van der Waals surface area (Å²) in [5.41, 5.74) is 0. The molecule has 332 valence electrons. The Bertz CT molecular complexity index is 1010. The quantitative estimate of drug-likeness (QED) is 0.0297. The van der Waals surface area contributed by atoms with Gasteiger partial charge in [0.25, 0.3) is 0 Å². The van der Waals surface area contributed by atoms with E-state index in [0.29, 0.717) is 19.6 Å². The minimum Gasteiger partial charge on any atom is -0.466 e. The third-order valence-corrected chi connectivity index (χ3v) is 12.5. The zero-order chi connectivity index (χ0) is 41.0. The average molecular weight is 801 g/mol. The second-order valence-electron chi connectivity index (χ2n) is 17.7. The van der Waals surface area contributed by atoms with Crippen molar-refractivity contribution in [3.8, 4) is 0 Å². The molecule has 8 nitrogen and oxygen atoms in total. The Morgan fingerprint density at radius 1 is 0.649 bits per heavy atom. The SMILES string of the molecule is CCCCCCCC/C=C\CCCCCCCC(C(=O)NC1CCCCCC1)N(CCN1CCN(C)CC1)C(=O)CCC(=O)OCCCCCCCCCCCC. The molecule has 2 aliphatic rings. The van der Waals surface area contributed by atoms with Crippen LogP contribution in [-0.4, -0.2) is 97.5 Å². The molecule has 0 aromatic heterocycles. The van der Waals surface area contributed by atoms with Crippen LogP contribution in [-0.2, 0) is 19.1 Å². The first-order valence-electron chi connectivity index (χ1n) is 24.8. The van der Waals surface area contributed by atoms with Gasteiger partial charge in [0.05, 0.1) is 13.0 Å². The second kappa shape index (κ2) is 36.0. The highest BCUT2D eigenvalue weighted by molar-refractivity contribution is 5.89. The minimum absolute atomic E-state index is 0.00710. The van der Waals surface area contributed by atoms with Crippen molar-refractivity contribution in [2.24, 2.45) is 0 Å². The zero-order valence-corrected chi connectivity index (χ0v) is 37.9. The van der Waals surface area contributed by atoms with Gasteiger partial charge in [-0.15, -0.1) is 0 Å². The van der Waals surface area contributed by atoms with Crippen LogP contribution in [0.5, 0.6) is 0 Å². The van der Waals surface area contributed by atoms with E-state index in [1.54, 1.807) is 0 Å². The van der Waals surface area contributed by atoms with Gasteiger partial charge in [0.1, 0.15) is 6.04 Å². The molecule has 0 spiro atoms. The van der Waals surface area contributed by atoms with E-state index in [9.17, 15) is 14.4 Å². The minimum atomic E-state index is -0.499. The van der Waals surface area contributed by atoms with Gasteiger partial charge in [-0.05, 0) is 58.4 Å². The lowest BCUT2D eigenvalue weighted by molar-refractivity contribution is -0.147.